The third kappa shape index (κ3) is 4.18. The normalized spacial score (nSPS) is 24.6. The molecule has 1 saturated heterocycles. The average molecular weight is 284 g/mol. The van der Waals surface area contributed by atoms with E-state index in [-0.39, 0.29) is 5.60 Å². The van der Waals surface area contributed by atoms with Crippen molar-refractivity contribution in [2.45, 2.75) is 31.4 Å². The lowest BCUT2D eigenvalue weighted by molar-refractivity contribution is -0.0171. The molecule has 0 spiro atoms. The highest BCUT2D eigenvalue weighted by Crippen LogP contribution is 2.21. The number of rotatable bonds is 6. The molecule has 0 bridgehead atoms. The Kier molecular flexibility index (Phi) is 5.22. The number of nitrogens with one attached hydrogen (secondary N) is 1. The lowest BCUT2D eigenvalue weighted by Gasteiger charge is -2.28. The van der Waals surface area contributed by atoms with E-state index >= 15 is 0 Å². The van der Waals surface area contributed by atoms with E-state index in [0.29, 0.717) is 12.6 Å². The molecular weight excluding hydrogens is 262 g/mol. The molecule has 0 radical (unpaired) electrons. The Hall–Kier alpha value is -0.610. The topological polar surface area (TPSA) is 30.5 Å². The molecular formula is C15H22ClNO2. The first-order chi connectivity index (χ1) is 9.13. The monoisotopic (exact) mass is 283 g/mol. The van der Waals surface area contributed by atoms with Crippen molar-refractivity contribution in [2.75, 3.05) is 26.9 Å². The second-order valence-corrected chi connectivity index (χ2v) is 5.74. The van der Waals surface area contributed by atoms with Crippen LogP contribution < -0.4 is 5.32 Å². The zero-order valence-electron chi connectivity index (χ0n) is 11.6. The standard InChI is InChI=1S/C15H22ClNO2/c1-12(9-13-3-5-14(16)6-4-13)17-10-15(18-2)7-8-19-11-15/h3-6,12,17H,7-11H2,1-2H3. The molecule has 0 saturated carbocycles. The van der Waals surface area contributed by atoms with E-state index in [4.69, 9.17) is 21.1 Å². The van der Waals surface area contributed by atoms with Crippen molar-refractivity contribution in [3.05, 3.63) is 34.9 Å². The molecule has 1 heterocycles. The molecule has 106 valence electrons. The summed E-state index contributed by atoms with van der Waals surface area (Å²) in [5.74, 6) is 0. The molecule has 1 aliphatic heterocycles. The van der Waals surface area contributed by atoms with Crippen molar-refractivity contribution in [1.29, 1.82) is 0 Å². The molecule has 1 fully saturated rings. The van der Waals surface area contributed by atoms with Crippen molar-refractivity contribution in [2.24, 2.45) is 0 Å². The molecule has 1 aromatic rings. The number of benzene rings is 1. The summed E-state index contributed by atoms with van der Waals surface area (Å²) < 4.78 is 11.0. The Morgan fingerprint density at radius 3 is 2.74 bits per heavy atom. The molecule has 1 N–H and O–H groups in total. The summed E-state index contributed by atoms with van der Waals surface area (Å²) in [5, 5.41) is 4.32. The summed E-state index contributed by atoms with van der Waals surface area (Å²) in [6.45, 7) is 4.50. The van der Waals surface area contributed by atoms with Gasteiger partial charge in [-0.25, -0.2) is 0 Å². The second-order valence-electron chi connectivity index (χ2n) is 5.30. The van der Waals surface area contributed by atoms with E-state index < -0.39 is 0 Å². The van der Waals surface area contributed by atoms with Crippen LogP contribution in [0.5, 0.6) is 0 Å². The highest BCUT2D eigenvalue weighted by atomic mass is 35.5. The third-order valence-electron chi connectivity index (χ3n) is 3.73. The summed E-state index contributed by atoms with van der Waals surface area (Å²) >= 11 is 5.89. The Labute approximate surface area is 120 Å². The fourth-order valence-corrected chi connectivity index (χ4v) is 2.49. The number of methoxy groups -OCH3 is 1. The van der Waals surface area contributed by atoms with Crippen molar-refractivity contribution in [3.8, 4) is 0 Å². The van der Waals surface area contributed by atoms with Gasteiger partial charge < -0.3 is 14.8 Å². The van der Waals surface area contributed by atoms with Gasteiger partial charge in [-0.05, 0) is 31.0 Å². The van der Waals surface area contributed by atoms with Gasteiger partial charge in [0.25, 0.3) is 0 Å². The van der Waals surface area contributed by atoms with Crippen LogP contribution in [0.3, 0.4) is 0 Å². The van der Waals surface area contributed by atoms with Gasteiger partial charge in [0, 0.05) is 37.7 Å². The van der Waals surface area contributed by atoms with E-state index in [1.165, 1.54) is 5.56 Å². The number of halogens is 1. The van der Waals surface area contributed by atoms with E-state index in [2.05, 4.69) is 24.4 Å². The SMILES string of the molecule is COC1(CNC(C)Cc2ccc(Cl)cc2)CCOC1. The molecule has 1 aliphatic rings. The van der Waals surface area contributed by atoms with Gasteiger partial charge in [0.05, 0.1) is 6.61 Å². The first-order valence-electron chi connectivity index (χ1n) is 6.74. The summed E-state index contributed by atoms with van der Waals surface area (Å²) in [7, 11) is 1.76. The quantitative estimate of drug-likeness (QED) is 0.871. The molecule has 0 aliphatic carbocycles. The zero-order valence-corrected chi connectivity index (χ0v) is 12.4. The van der Waals surface area contributed by atoms with Crippen LogP contribution in [0, 0.1) is 0 Å². The van der Waals surface area contributed by atoms with Crippen LogP contribution in [0.15, 0.2) is 24.3 Å². The van der Waals surface area contributed by atoms with Crippen molar-refractivity contribution in [3.63, 3.8) is 0 Å². The molecule has 1 aromatic carbocycles. The number of ether oxygens (including phenoxy) is 2. The lowest BCUT2D eigenvalue weighted by Crippen LogP contribution is -2.46. The zero-order chi connectivity index (χ0) is 13.7. The Morgan fingerprint density at radius 2 is 2.16 bits per heavy atom. The molecule has 3 nitrogen and oxygen atoms in total. The molecule has 2 atom stereocenters. The first kappa shape index (κ1) is 14.8. The fraction of sp³-hybridized carbons (Fsp3) is 0.600. The summed E-state index contributed by atoms with van der Waals surface area (Å²) in [6.07, 6.45) is 1.95. The maximum atomic E-state index is 5.89. The number of hydrogen-bond donors (Lipinski definition) is 1. The summed E-state index contributed by atoms with van der Waals surface area (Å²) in [6, 6.07) is 8.42. The first-order valence-corrected chi connectivity index (χ1v) is 7.12. The van der Waals surface area contributed by atoms with Crippen LogP contribution in [-0.4, -0.2) is 38.5 Å². The smallest absolute Gasteiger partial charge is 0.106 e. The molecule has 2 unspecified atom stereocenters. The molecule has 19 heavy (non-hydrogen) atoms. The van der Waals surface area contributed by atoms with Crippen LogP contribution >= 0.6 is 11.6 Å². The lowest BCUT2D eigenvalue weighted by atomic mass is 10.0. The van der Waals surface area contributed by atoms with Crippen molar-refractivity contribution >= 4 is 11.6 Å². The van der Waals surface area contributed by atoms with Gasteiger partial charge in [0.2, 0.25) is 0 Å². The maximum Gasteiger partial charge on any atom is 0.106 e. The van der Waals surface area contributed by atoms with Crippen molar-refractivity contribution < 1.29 is 9.47 Å². The van der Waals surface area contributed by atoms with Gasteiger partial charge >= 0.3 is 0 Å². The van der Waals surface area contributed by atoms with Gasteiger partial charge in [-0.3, -0.25) is 0 Å². The van der Waals surface area contributed by atoms with Crippen LogP contribution in [0.1, 0.15) is 18.9 Å². The molecule has 4 heteroatoms. The predicted octanol–water partition coefficient (Wildman–Crippen LogP) is 2.67. The third-order valence-corrected chi connectivity index (χ3v) is 3.98. The van der Waals surface area contributed by atoms with Gasteiger partial charge in [0.1, 0.15) is 5.60 Å². The Bertz CT molecular complexity index is 388. The van der Waals surface area contributed by atoms with Crippen molar-refractivity contribution in [1.82, 2.24) is 5.32 Å². The minimum atomic E-state index is -0.145. The van der Waals surface area contributed by atoms with Crippen LogP contribution in [0.4, 0.5) is 0 Å². The van der Waals surface area contributed by atoms with Crippen LogP contribution in [0.2, 0.25) is 5.02 Å². The summed E-state index contributed by atoms with van der Waals surface area (Å²) in [5.41, 5.74) is 1.15. The van der Waals surface area contributed by atoms with Crippen LogP contribution in [0.25, 0.3) is 0 Å². The van der Waals surface area contributed by atoms with Gasteiger partial charge in [-0.1, -0.05) is 23.7 Å². The minimum absolute atomic E-state index is 0.145. The molecule has 2 rings (SSSR count). The van der Waals surface area contributed by atoms with E-state index in [0.717, 1.165) is 31.0 Å². The van der Waals surface area contributed by atoms with E-state index in [9.17, 15) is 0 Å². The number of hydrogen-bond acceptors (Lipinski definition) is 3. The Morgan fingerprint density at radius 1 is 1.42 bits per heavy atom. The molecule has 0 amide bonds. The highest BCUT2D eigenvalue weighted by Gasteiger charge is 2.34. The predicted molar refractivity (Wildman–Crippen MR) is 77.8 cm³/mol. The second kappa shape index (κ2) is 6.71. The van der Waals surface area contributed by atoms with Gasteiger partial charge in [-0.2, -0.15) is 0 Å². The van der Waals surface area contributed by atoms with Crippen LogP contribution in [-0.2, 0) is 15.9 Å². The van der Waals surface area contributed by atoms with E-state index in [1.807, 2.05) is 12.1 Å². The maximum absolute atomic E-state index is 5.89. The average Bonchev–Trinajstić information content (AvgIpc) is 2.89. The fourth-order valence-electron chi connectivity index (χ4n) is 2.37. The minimum Gasteiger partial charge on any atom is -0.378 e. The van der Waals surface area contributed by atoms with Gasteiger partial charge in [-0.15, -0.1) is 0 Å². The summed E-state index contributed by atoms with van der Waals surface area (Å²) in [4.78, 5) is 0. The molecule has 0 aromatic heterocycles. The largest absolute Gasteiger partial charge is 0.378 e. The Balaban J connectivity index is 1.81. The van der Waals surface area contributed by atoms with Gasteiger partial charge in [0.15, 0.2) is 0 Å². The highest BCUT2D eigenvalue weighted by molar-refractivity contribution is 6.30. The van der Waals surface area contributed by atoms with E-state index in [1.54, 1.807) is 7.11 Å².